The summed E-state index contributed by atoms with van der Waals surface area (Å²) in [6, 6.07) is 0.891. The van der Waals surface area contributed by atoms with E-state index in [1.165, 1.54) is 12.8 Å². The summed E-state index contributed by atoms with van der Waals surface area (Å²) in [4.78, 5) is 16.2. The lowest BCUT2D eigenvalue weighted by molar-refractivity contribution is 0.0955. The lowest BCUT2D eigenvalue weighted by Gasteiger charge is -2.28. The highest BCUT2D eigenvalue weighted by Gasteiger charge is 2.21. The smallest absolute Gasteiger partial charge is 0.183 e. The number of hydrogen-bond donors (Lipinski definition) is 1. The summed E-state index contributed by atoms with van der Waals surface area (Å²) >= 11 is 1.54. The van der Waals surface area contributed by atoms with Gasteiger partial charge in [-0.3, -0.25) is 4.79 Å². The first-order chi connectivity index (χ1) is 7.65. The van der Waals surface area contributed by atoms with E-state index in [0.29, 0.717) is 24.2 Å². The van der Waals surface area contributed by atoms with Crippen molar-refractivity contribution in [2.75, 3.05) is 0 Å². The van der Waals surface area contributed by atoms with Crippen LogP contribution in [0.3, 0.4) is 0 Å². The molecule has 0 spiro atoms. The number of nitrogens with one attached hydrogen (secondary N) is 1. The lowest BCUT2D eigenvalue weighted by Crippen LogP contribution is -2.41. The molecule has 0 bridgehead atoms. The van der Waals surface area contributed by atoms with Crippen LogP contribution in [-0.2, 0) is 0 Å². The zero-order valence-corrected chi connectivity index (χ0v) is 10.6. The third-order valence-corrected chi connectivity index (χ3v) is 3.82. The first kappa shape index (κ1) is 11.7. The topological polar surface area (TPSA) is 42.0 Å². The summed E-state index contributed by atoms with van der Waals surface area (Å²) in [5.74, 6) is 0.177. The minimum atomic E-state index is 0.177. The van der Waals surface area contributed by atoms with Crippen molar-refractivity contribution in [3.05, 3.63) is 16.1 Å². The molecule has 0 aromatic carbocycles. The largest absolute Gasteiger partial charge is 0.311 e. The van der Waals surface area contributed by atoms with Crippen molar-refractivity contribution in [3.8, 4) is 0 Å². The molecule has 2 atom stereocenters. The van der Waals surface area contributed by atoms with E-state index in [0.717, 1.165) is 11.4 Å². The SMILES string of the molecule is Cc1nc(C(=O)CC2CCCC(C)N2)cs1. The molecule has 1 aromatic heterocycles. The standard InChI is InChI=1S/C12H18N2OS/c1-8-4-3-5-10(13-8)6-12(15)11-7-16-9(2)14-11/h7-8,10,13H,3-6H2,1-2H3. The van der Waals surface area contributed by atoms with Crippen LogP contribution in [-0.4, -0.2) is 22.9 Å². The summed E-state index contributed by atoms with van der Waals surface area (Å²) in [5, 5.41) is 6.31. The molecule has 1 saturated heterocycles. The molecule has 0 saturated carbocycles. The molecule has 0 amide bonds. The Bertz CT molecular complexity index is 375. The van der Waals surface area contributed by atoms with Gasteiger partial charge in [0, 0.05) is 23.9 Å². The summed E-state index contributed by atoms with van der Waals surface area (Å²) in [7, 11) is 0. The second-order valence-electron chi connectivity index (χ2n) is 4.57. The van der Waals surface area contributed by atoms with Crippen LogP contribution in [0.1, 0.15) is 48.1 Å². The number of aryl methyl sites for hydroxylation is 1. The van der Waals surface area contributed by atoms with E-state index < -0.39 is 0 Å². The lowest BCUT2D eigenvalue weighted by atomic mass is 9.95. The molecule has 1 aliphatic rings. The third-order valence-electron chi connectivity index (χ3n) is 3.05. The van der Waals surface area contributed by atoms with Crippen LogP contribution in [0.4, 0.5) is 0 Å². The van der Waals surface area contributed by atoms with Crippen LogP contribution in [0.2, 0.25) is 0 Å². The highest BCUT2D eigenvalue weighted by Crippen LogP contribution is 2.17. The van der Waals surface area contributed by atoms with E-state index in [2.05, 4.69) is 17.2 Å². The van der Waals surface area contributed by atoms with Crippen LogP contribution < -0.4 is 5.32 Å². The summed E-state index contributed by atoms with van der Waals surface area (Å²) in [5.41, 5.74) is 0.641. The van der Waals surface area contributed by atoms with E-state index in [1.54, 1.807) is 11.3 Å². The van der Waals surface area contributed by atoms with Gasteiger partial charge < -0.3 is 5.32 Å². The number of thiazole rings is 1. The van der Waals surface area contributed by atoms with Gasteiger partial charge in [-0.2, -0.15) is 0 Å². The number of aromatic nitrogens is 1. The first-order valence-corrected chi connectivity index (χ1v) is 6.74. The number of piperidine rings is 1. The molecule has 3 nitrogen and oxygen atoms in total. The third kappa shape index (κ3) is 2.89. The van der Waals surface area contributed by atoms with Crippen LogP contribution >= 0.6 is 11.3 Å². The van der Waals surface area contributed by atoms with Gasteiger partial charge in [-0.05, 0) is 26.7 Å². The number of Topliss-reactive ketones (excluding diaryl/α,β-unsaturated/α-hetero) is 1. The Morgan fingerprint density at radius 3 is 3.06 bits per heavy atom. The van der Waals surface area contributed by atoms with Crippen LogP contribution in [0.25, 0.3) is 0 Å². The highest BCUT2D eigenvalue weighted by atomic mass is 32.1. The monoisotopic (exact) mass is 238 g/mol. The Hall–Kier alpha value is -0.740. The predicted octanol–water partition coefficient (Wildman–Crippen LogP) is 2.55. The highest BCUT2D eigenvalue weighted by molar-refractivity contribution is 7.09. The molecule has 1 N–H and O–H groups in total. The summed E-state index contributed by atoms with van der Waals surface area (Å²) in [6.07, 6.45) is 4.15. The summed E-state index contributed by atoms with van der Waals surface area (Å²) < 4.78 is 0. The second kappa shape index (κ2) is 5.06. The molecule has 88 valence electrons. The van der Waals surface area contributed by atoms with Gasteiger partial charge in [0.15, 0.2) is 5.78 Å². The zero-order valence-electron chi connectivity index (χ0n) is 9.82. The maximum absolute atomic E-state index is 11.9. The van der Waals surface area contributed by atoms with Gasteiger partial charge in [0.25, 0.3) is 0 Å². The first-order valence-electron chi connectivity index (χ1n) is 5.86. The molecule has 2 unspecified atom stereocenters. The number of carbonyl (C=O) groups excluding carboxylic acids is 1. The van der Waals surface area contributed by atoms with Gasteiger partial charge in [0.2, 0.25) is 0 Å². The van der Waals surface area contributed by atoms with Gasteiger partial charge in [-0.25, -0.2) is 4.98 Å². The van der Waals surface area contributed by atoms with Crippen molar-refractivity contribution in [2.24, 2.45) is 0 Å². The van der Waals surface area contributed by atoms with Gasteiger partial charge in [-0.15, -0.1) is 11.3 Å². The number of carbonyl (C=O) groups is 1. The Morgan fingerprint density at radius 1 is 1.62 bits per heavy atom. The predicted molar refractivity (Wildman–Crippen MR) is 66.0 cm³/mol. The molecule has 16 heavy (non-hydrogen) atoms. The van der Waals surface area contributed by atoms with Crippen molar-refractivity contribution in [1.29, 1.82) is 0 Å². The fraction of sp³-hybridized carbons (Fsp3) is 0.667. The number of nitrogens with zero attached hydrogens (tertiary/aromatic N) is 1. The van der Waals surface area contributed by atoms with Crippen LogP contribution in [0, 0.1) is 6.92 Å². The van der Waals surface area contributed by atoms with E-state index in [-0.39, 0.29) is 5.78 Å². The maximum Gasteiger partial charge on any atom is 0.183 e. The van der Waals surface area contributed by atoms with E-state index in [1.807, 2.05) is 12.3 Å². The normalized spacial score (nSPS) is 25.6. The molecular weight excluding hydrogens is 220 g/mol. The number of hydrogen-bond acceptors (Lipinski definition) is 4. The minimum Gasteiger partial charge on any atom is -0.311 e. The van der Waals surface area contributed by atoms with Gasteiger partial charge in [-0.1, -0.05) is 6.42 Å². The van der Waals surface area contributed by atoms with Gasteiger partial charge in [0.05, 0.1) is 5.01 Å². The van der Waals surface area contributed by atoms with E-state index >= 15 is 0 Å². The summed E-state index contributed by atoms with van der Waals surface area (Å²) in [6.45, 7) is 4.12. The van der Waals surface area contributed by atoms with Crippen molar-refractivity contribution in [2.45, 2.75) is 51.6 Å². The molecule has 2 rings (SSSR count). The number of ketones is 1. The molecule has 1 fully saturated rings. The molecule has 0 aliphatic carbocycles. The fourth-order valence-electron chi connectivity index (χ4n) is 2.22. The van der Waals surface area contributed by atoms with E-state index in [4.69, 9.17) is 0 Å². The maximum atomic E-state index is 11.9. The molecule has 4 heteroatoms. The van der Waals surface area contributed by atoms with Crippen LogP contribution in [0.5, 0.6) is 0 Å². The average Bonchev–Trinajstić information content (AvgIpc) is 2.65. The molecule has 1 aliphatic heterocycles. The molecular formula is C12H18N2OS. The average molecular weight is 238 g/mol. The second-order valence-corrected chi connectivity index (χ2v) is 5.64. The van der Waals surface area contributed by atoms with Crippen molar-refractivity contribution in [1.82, 2.24) is 10.3 Å². The van der Waals surface area contributed by atoms with Crippen molar-refractivity contribution in [3.63, 3.8) is 0 Å². The minimum absolute atomic E-state index is 0.177. The molecule has 0 radical (unpaired) electrons. The quantitative estimate of drug-likeness (QED) is 0.823. The van der Waals surface area contributed by atoms with Crippen molar-refractivity contribution < 1.29 is 4.79 Å². The number of rotatable bonds is 3. The van der Waals surface area contributed by atoms with Gasteiger partial charge in [0.1, 0.15) is 5.69 Å². The Labute approximate surface area is 100 Å². The zero-order chi connectivity index (χ0) is 11.5. The Morgan fingerprint density at radius 2 is 2.44 bits per heavy atom. The Kier molecular flexibility index (Phi) is 3.71. The van der Waals surface area contributed by atoms with Crippen molar-refractivity contribution >= 4 is 17.1 Å². The Balaban J connectivity index is 1.92. The van der Waals surface area contributed by atoms with Gasteiger partial charge >= 0.3 is 0 Å². The van der Waals surface area contributed by atoms with E-state index in [9.17, 15) is 4.79 Å². The molecule has 1 aromatic rings. The fourth-order valence-corrected chi connectivity index (χ4v) is 2.84. The molecule has 2 heterocycles. The van der Waals surface area contributed by atoms with Crippen LogP contribution in [0.15, 0.2) is 5.38 Å².